The topological polar surface area (TPSA) is 25.2 Å². The number of benzene rings is 2. The Morgan fingerprint density at radius 2 is 2.00 bits per heavy atom. The van der Waals surface area contributed by atoms with E-state index in [1.54, 1.807) is 0 Å². The van der Waals surface area contributed by atoms with Gasteiger partial charge < -0.3 is 9.73 Å². The van der Waals surface area contributed by atoms with E-state index in [1.807, 2.05) is 42.7 Å². The van der Waals surface area contributed by atoms with E-state index in [2.05, 4.69) is 24.4 Å². The van der Waals surface area contributed by atoms with Gasteiger partial charge in [0.1, 0.15) is 5.58 Å². The van der Waals surface area contributed by atoms with Crippen LogP contribution < -0.4 is 5.32 Å². The van der Waals surface area contributed by atoms with Crippen molar-refractivity contribution in [2.75, 3.05) is 0 Å². The van der Waals surface area contributed by atoms with Crippen molar-refractivity contribution in [2.45, 2.75) is 19.5 Å². The molecule has 0 aliphatic carbocycles. The number of nitrogens with one attached hydrogen (secondary N) is 1. The third-order valence-corrected chi connectivity index (χ3v) is 3.74. The zero-order valence-corrected chi connectivity index (χ0v) is 12.0. The summed E-state index contributed by atoms with van der Waals surface area (Å²) < 4.78 is 5.55. The number of hydrogen-bond donors (Lipinski definition) is 1. The van der Waals surface area contributed by atoms with Gasteiger partial charge in [0.2, 0.25) is 0 Å². The number of halogens is 1. The van der Waals surface area contributed by atoms with Gasteiger partial charge in [-0.1, -0.05) is 41.9 Å². The molecule has 20 heavy (non-hydrogen) atoms. The van der Waals surface area contributed by atoms with Crippen molar-refractivity contribution < 1.29 is 4.42 Å². The fourth-order valence-corrected chi connectivity index (χ4v) is 2.53. The Bertz CT molecular complexity index is 720. The van der Waals surface area contributed by atoms with Gasteiger partial charge in [0.15, 0.2) is 0 Å². The molecule has 0 spiro atoms. The molecule has 3 rings (SSSR count). The summed E-state index contributed by atoms with van der Waals surface area (Å²) in [4.78, 5) is 0. The van der Waals surface area contributed by atoms with Crippen LogP contribution >= 0.6 is 11.6 Å². The molecule has 0 saturated carbocycles. The van der Waals surface area contributed by atoms with Crippen molar-refractivity contribution in [1.29, 1.82) is 0 Å². The van der Waals surface area contributed by atoms with Gasteiger partial charge in [-0.15, -0.1) is 0 Å². The van der Waals surface area contributed by atoms with Gasteiger partial charge in [-0.25, -0.2) is 0 Å². The van der Waals surface area contributed by atoms with Gasteiger partial charge in [0.25, 0.3) is 0 Å². The number of fused-ring (bicyclic) bond motifs is 1. The molecule has 1 heterocycles. The SMILES string of the molecule is C[C@H](NCc1coc2ccccc12)c1cccc(Cl)c1. The molecular formula is C17H16ClNO. The third kappa shape index (κ3) is 2.72. The van der Waals surface area contributed by atoms with E-state index in [-0.39, 0.29) is 6.04 Å². The summed E-state index contributed by atoms with van der Waals surface area (Å²) in [6.07, 6.45) is 1.82. The van der Waals surface area contributed by atoms with Crippen molar-refractivity contribution in [2.24, 2.45) is 0 Å². The van der Waals surface area contributed by atoms with Crippen LogP contribution in [0, 0.1) is 0 Å². The van der Waals surface area contributed by atoms with Gasteiger partial charge in [-0.05, 0) is 30.7 Å². The summed E-state index contributed by atoms with van der Waals surface area (Å²) in [7, 11) is 0. The number of rotatable bonds is 4. The van der Waals surface area contributed by atoms with E-state index in [9.17, 15) is 0 Å². The normalized spacial score (nSPS) is 12.7. The number of para-hydroxylation sites is 1. The summed E-state index contributed by atoms with van der Waals surface area (Å²) in [6.45, 7) is 2.90. The molecule has 0 amide bonds. The Morgan fingerprint density at radius 3 is 2.85 bits per heavy atom. The maximum absolute atomic E-state index is 6.02. The van der Waals surface area contributed by atoms with E-state index in [1.165, 1.54) is 16.5 Å². The molecule has 0 bridgehead atoms. The Balaban J connectivity index is 1.73. The zero-order chi connectivity index (χ0) is 13.9. The quantitative estimate of drug-likeness (QED) is 0.735. The van der Waals surface area contributed by atoms with Crippen LogP contribution in [0.15, 0.2) is 59.2 Å². The predicted molar refractivity (Wildman–Crippen MR) is 82.9 cm³/mol. The van der Waals surface area contributed by atoms with Crippen molar-refractivity contribution in [3.8, 4) is 0 Å². The molecule has 0 saturated heterocycles. The molecule has 0 fully saturated rings. The predicted octanol–water partition coefficient (Wildman–Crippen LogP) is 4.94. The third-order valence-electron chi connectivity index (χ3n) is 3.51. The number of furan rings is 1. The molecule has 1 aromatic heterocycles. The van der Waals surface area contributed by atoms with E-state index in [4.69, 9.17) is 16.0 Å². The summed E-state index contributed by atoms with van der Waals surface area (Å²) in [5.41, 5.74) is 3.29. The van der Waals surface area contributed by atoms with Gasteiger partial charge >= 0.3 is 0 Å². The summed E-state index contributed by atoms with van der Waals surface area (Å²) in [5, 5.41) is 5.44. The van der Waals surface area contributed by atoms with Crippen molar-refractivity contribution in [3.05, 3.63) is 70.9 Å². The Hall–Kier alpha value is -1.77. The fourth-order valence-electron chi connectivity index (χ4n) is 2.33. The molecule has 0 unspecified atom stereocenters. The lowest BCUT2D eigenvalue weighted by Gasteiger charge is -2.14. The second-order valence-corrected chi connectivity index (χ2v) is 5.35. The lowest BCUT2D eigenvalue weighted by Crippen LogP contribution is -2.17. The Morgan fingerprint density at radius 1 is 1.15 bits per heavy atom. The monoisotopic (exact) mass is 285 g/mol. The zero-order valence-electron chi connectivity index (χ0n) is 11.3. The second kappa shape index (κ2) is 5.70. The Kier molecular flexibility index (Phi) is 3.77. The highest BCUT2D eigenvalue weighted by atomic mass is 35.5. The van der Waals surface area contributed by atoms with Gasteiger partial charge in [-0.3, -0.25) is 0 Å². The molecule has 0 aliphatic heterocycles. The minimum absolute atomic E-state index is 0.238. The van der Waals surface area contributed by atoms with Crippen LogP contribution in [-0.4, -0.2) is 0 Å². The summed E-state index contributed by atoms with van der Waals surface area (Å²) in [5.74, 6) is 0. The van der Waals surface area contributed by atoms with E-state index in [0.717, 1.165) is 17.2 Å². The standard InChI is InChI=1S/C17H16ClNO/c1-12(13-5-4-6-15(18)9-13)19-10-14-11-20-17-8-3-2-7-16(14)17/h2-9,11-12,19H,10H2,1H3/t12-/m0/s1. The van der Waals surface area contributed by atoms with Gasteiger partial charge in [0.05, 0.1) is 6.26 Å². The molecule has 1 atom stereocenters. The van der Waals surface area contributed by atoms with Gasteiger partial charge in [0, 0.05) is 28.6 Å². The molecule has 3 aromatic rings. The summed E-state index contributed by atoms with van der Waals surface area (Å²) >= 11 is 6.02. The lowest BCUT2D eigenvalue weighted by atomic mass is 10.1. The number of hydrogen-bond acceptors (Lipinski definition) is 2. The lowest BCUT2D eigenvalue weighted by molar-refractivity contribution is 0.562. The first-order valence-corrected chi connectivity index (χ1v) is 7.06. The minimum Gasteiger partial charge on any atom is -0.464 e. The minimum atomic E-state index is 0.238. The average molecular weight is 286 g/mol. The molecule has 1 N–H and O–H groups in total. The van der Waals surface area contributed by atoms with E-state index in [0.29, 0.717) is 0 Å². The van der Waals surface area contributed by atoms with Crippen LogP contribution in [0.3, 0.4) is 0 Å². The van der Waals surface area contributed by atoms with E-state index < -0.39 is 0 Å². The molecule has 0 radical (unpaired) electrons. The van der Waals surface area contributed by atoms with Crippen molar-refractivity contribution >= 4 is 22.6 Å². The highest BCUT2D eigenvalue weighted by Crippen LogP contribution is 2.22. The van der Waals surface area contributed by atoms with Crippen LogP contribution in [0.2, 0.25) is 5.02 Å². The van der Waals surface area contributed by atoms with Crippen molar-refractivity contribution in [1.82, 2.24) is 5.32 Å². The fraction of sp³-hybridized carbons (Fsp3) is 0.176. The van der Waals surface area contributed by atoms with Gasteiger partial charge in [-0.2, -0.15) is 0 Å². The van der Waals surface area contributed by atoms with Crippen LogP contribution in [0.1, 0.15) is 24.1 Å². The molecule has 3 heteroatoms. The smallest absolute Gasteiger partial charge is 0.134 e. The first-order valence-electron chi connectivity index (χ1n) is 6.68. The highest BCUT2D eigenvalue weighted by molar-refractivity contribution is 6.30. The molecule has 102 valence electrons. The Labute approximate surface area is 123 Å². The average Bonchev–Trinajstić information content (AvgIpc) is 2.88. The largest absolute Gasteiger partial charge is 0.464 e. The van der Waals surface area contributed by atoms with E-state index >= 15 is 0 Å². The first-order chi connectivity index (χ1) is 9.74. The van der Waals surface area contributed by atoms with Crippen LogP contribution in [-0.2, 0) is 6.54 Å². The van der Waals surface area contributed by atoms with Crippen LogP contribution in [0.25, 0.3) is 11.0 Å². The molecule has 2 aromatic carbocycles. The summed E-state index contributed by atoms with van der Waals surface area (Å²) in [6, 6.07) is 16.3. The van der Waals surface area contributed by atoms with Crippen LogP contribution in [0.5, 0.6) is 0 Å². The first kappa shape index (κ1) is 13.2. The molecule has 0 aliphatic rings. The maximum Gasteiger partial charge on any atom is 0.134 e. The van der Waals surface area contributed by atoms with Crippen LogP contribution in [0.4, 0.5) is 0 Å². The molecular weight excluding hydrogens is 270 g/mol. The maximum atomic E-state index is 6.02. The highest BCUT2D eigenvalue weighted by Gasteiger charge is 2.08. The second-order valence-electron chi connectivity index (χ2n) is 4.91. The molecule has 2 nitrogen and oxygen atoms in total. The van der Waals surface area contributed by atoms with Crippen molar-refractivity contribution in [3.63, 3.8) is 0 Å².